The third-order valence-electron chi connectivity index (χ3n) is 6.73. The Morgan fingerprint density at radius 2 is 1.76 bits per heavy atom. The van der Waals surface area contributed by atoms with Crippen molar-refractivity contribution in [1.29, 1.82) is 0 Å². The quantitative estimate of drug-likeness (QED) is 0.127. The van der Waals surface area contributed by atoms with Crippen LogP contribution in [0.3, 0.4) is 0 Å². The van der Waals surface area contributed by atoms with Crippen LogP contribution in [-0.4, -0.2) is 39.0 Å². The predicted octanol–water partition coefficient (Wildman–Crippen LogP) is 7.07. The van der Waals surface area contributed by atoms with Gasteiger partial charge in [0.15, 0.2) is 11.5 Å². The molecule has 0 saturated heterocycles. The zero-order valence-corrected chi connectivity index (χ0v) is 23.2. The van der Waals surface area contributed by atoms with Crippen LogP contribution in [0, 0.1) is 10.8 Å². The van der Waals surface area contributed by atoms with E-state index in [0.717, 1.165) is 17.4 Å². The van der Waals surface area contributed by atoms with Gasteiger partial charge in [-0.2, -0.15) is 8.78 Å². The van der Waals surface area contributed by atoms with Crippen LogP contribution in [0.2, 0.25) is 10.0 Å². The number of fused-ring (bicyclic) bond motifs is 1. The van der Waals surface area contributed by atoms with Gasteiger partial charge in [-0.1, -0.05) is 29.3 Å². The first-order chi connectivity index (χ1) is 20.1. The number of nitrogens with zero attached hydrogens (tertiary/aromatic N) is 3. The molecule has 2 aromatic carbocycles. The smallest absolute Gasteiger partial charge is 0.387 e. The minimum absolute atomic E-state index is 0.0164. The Kier molecular flexibility index (Phi) is 8.64. The molecule has 14 heteroatoms. The van der Waals surface area contributed by atoms with Crippen LogP contribution in [0.4, 0.5) is 14.5 Å². The lowest BCUT2D eigenvalue weighted by Gasteiger charge is -2.22. The van der Waals surface area contributed by atoms with Crippen molar-refractivity contribution >= 4 is 45.6 Å². The zero-order chi connectivity index (χ0) is 30.0. The van der Waals surface area contributed by atoms with E-state index in [-0.39, 0.29) is 44.4 Å². The second-order valence-electron chi connectivity index (χ2n) is 9.66. The first-order valence-electron chi connectivity index (χ1n) is 12.7. The molecule has 1 saturated carbocycles. The lowest BCUT2D eigenvalue weighted by molar-refractivity contribution is -0.150. The van der Waals surface area contributed by atoms with Crippen molar-refractivity contribution in [2.75, 3.05) is 6.61 Å². The summed E-state index contributed by atoms with van der Waals surface area (Å²) in [5, 5.41) is 24.8. The van der Waals surface area contributed by atoms with E-state index in [1.165, 1.54) is 48.8 Å². The third kappa shape index (κ3) is 6.50. The molecule has 4 aromatic rings. The number of ether oxygens (including phenoxy) is 3. The molecule has 1 aliphatic rings. The second kappa shape index (κ2) is 12.4. The Hall–Kier alpha value is -4.16. The minimum Gasteiger partial charge on any atom is -0.494 e. The van der Waals surface area contributed by atoms with Crippen molar-refractivity contribution in [1.82, 2.24) is 9.55 Å². The monoisotopic (exact) mass is 621 g/mol. The molecular weight excluding hydrogens is 599 g/mol. The Labute approximate surface area is 247 Å². The van der Waals surface area contributed by atoms with Gasteiger partial charge in [-0.05, 0) is 65.4 Å². The number of esters is 1. The van der Waals surface area contributed by atoms with Crippen LogP contribution in [0.5, 0.6) is 23.3 Å². The van der Waals surface area contributed by atoms with Gasteiger partial charge in [-0.3, -0.25) is 14.3 Å². The zero-order valence-electron chi connectivity index (χ0n) is 21.7. The topological polar surface area (TPSA) is 132 Å². The van der Waals surface area contributed by atoms with E-state index in [4.69, 9.17) is 32.7 Å². The van der Waals surface area contributed by atoms with Crippen LogP contribution in [0.25, 0.3) is 10.8 Å². The van der Waals surface area contributed by atoms with Gasteiger partial charge in [0, 0.05) is 29.6 Å². The number of rotatable bonds is 12. The molecule has 5 rings (SSSR count). The molecule has 10 nitrogen and oxygen atoms in total. The SMILES string of the molecule is O=Nc1ccc2c(O)n(CC(=O)O[C@@H](Cc3c(Cl)cncc3Cl)c3ccc(OC(F)F)c(OCC4CC4)c3)c(O)c2c1. The maximum Gasteiger partial charge on any atom is 0.387 e. The molecule has 2 heterocycles. The fraction of sp³-hybridized carbons (Fsp3) is 0.286. The number of aromatic nitrogens is 2. The minimum atomic E-state index is -3.09. The van der Waals surface area contributed by atoms with E-state index in [9.17, 15) is 28.7 Å². The van der Waals surface area contributed by atoms with Gasteiger partial charge in [0.2, 0.25) is 11.8 Å². The summed E-state index contributed by atoms with van der Waals surface area (Å²) in [6.45, 7) is -3.41. The van der Waals surface area contributed by atoms with Crippen LogP contribution < -0.4 is 9.47 Å². The highest BCUT2D eigenvalue weighted by molar-refractivity contribution is 6.35. The third-order valence-corrected chi connectivity index (χ3v) is 7.38. The molecule has 42 heavy (non-hydrogen) atoms. The van der Waals surface area contributed by atoms with Crippen molar-refractivity contribution < 1.29 is 38.0 Å². The summed E-state index contributed by atoms with van der Waals surface area (Å²) in [5.41, 5.74) is 0.779. The standard InChI is InChI=1S/C28H23Cl2F2N3O7/c29-20-10-33-11-21(30)19(20)9-23(15-3-6-22(42-28(31)32)24(7-15)40-13-14-1-2-14)41-25(36)12-35-26(37)17-5-4-16(34-39)8-18(17)27(35)38/h3-8,10-11,14,23,28,37-38H,1-2,9,12-13H2/t23-/m0/s1. The van der Waals surface area contributed by atoms with E-state index in [2.05, 4.69) is 14.9 Å². The highest BCUT2D eigenvalue weighted by Crippen LogP contribution is 2.40. The van der Waals surface area contributed by atoms with Gasteiger partial charge in [-0.25, -0.2) is 0 Å². The van der Waals surface area contributed by atoms with Crippen molar-refractivity contribution in [2.24, 2.45) is 11.1 Å². The summed E-state index contributed by atoms with van der Waals surface area (Å²) in [5.74, 6) is -1.62. The number of hydrogen-bond donors (Lipinski definition) is 2. The molecule has 2 aromatic heterocycles. The fourth-order valence-electron chi connectivity index (χ4n) is 4.40. The first kappa shape index (κ1) is 29.3. The summed E-state index contributed by atoms with van der Waals surface area (Å²) < 4.78 is 43.2. The molecule has 220 valence electrons. The largest absolute Gasteiger partial charge is 0.494 e. The van der Waals surface area contributed by atoms with Crippen molar-refractivity contribution in [2.45, 2.75) is 38.5 Å². The Morgan fingerprint density at radius 3 is 2.43 bits per heavy atom. The molecule has 0 amide bonds. The number of halogens is 4. The van der Waals surface area contributed by atoms with E-state index in [1.54, 1.807) is 0 Å². The molecule has 0 aliphatic heterocycles. The van der Waals surface area contributed by atoms with Crippen LogP contribution >= 0.6 is 23.2 Å². The molecule has 0 unspecified atom stereocenters. The predicted molar refractivity (Wildman–Crippen MR) is 149 cm³/mol. The maximum atomic E-state index is 13.2. The molecule has 0 radical (unpaired) electrons. The number of nitroso groups, excluding NO2 is 1. The normalized spacial score (nSPS) is 13.7. The summed E-state index contributed by atoms with van der Waals surface area (Å²) in [6, 6.07) is 8.16. The van der Waals surface area contributed by atoms with Gasteiger partial charge >= 0.3 is 12.6 Å². The molecule has 0 spiro atoms. The maximum absolute atomic E-state index is 13.2. The molecule has 1 aliphatic carbocycles. The van der Waals surface area contributed by atoms with Gasteiger partial charge in [-0.15, -0.1) is 4.91 Å². The molecule has 2 N–H and O–H groups in total. The molecule has 1 atom stereocenters. The van der Waals surface area contributed by atoms with E-state index in [1.807, 2.05) is 0 Å². The van der Waals surface area contributed by atoms with Gasteiger partial charge in [0.25, 0.3) is 0 Å². The second-order valence-corrected chi connectivity index (χ2v) is 10.5. The number of carbonyl (C=O) groups excluding carboxylic acids is 1. The number of aromatic hydroxyl groups is 2. The molecule has 1 fully saturated rings. The fourth-order valence-corrected chi connectivity index (χ4v) is 4.92. The van der Waals surface area contributed by atoms with Crippen molar-refractivity contribution in [3.8, 4) is 23.3 Å². The number of carbonyl (C=O) groups is 1. The average molecular weight is 622 g/mol. The van der Waals surface area contributed by atoms with E-state index >= 15 is 0 Å². The van der Waals surface area contributed by atoms with Crippen molar-refractivity contribution in [3.63, 3.8) is 0 Å². The number of benzene rings is 2. The number of hydrogen-bond acceptors (Lipinski definition) is 9. The van der Waals surface area contributed by atoms with E-state index < -0.39 is 37.0 Å². The van der Waals surface area contributed by atoms with Gasteiger partial charge < -0.3 is 24.4 Å². The number of pyridine rings is 1. The highest BCUT2D eigenvalue weighted by atomic mass is 35.5. The Balaban J connectivity index is 1.47. The Bertz CT molecular complexity index is 1630. The summed E-state index contributed by atoms with van der Waals surface area (Å²) >= 11 is 12.7. The van der Waals surface area contributed by atoms with Crippen molar-refractivity contribution in [3.05, 3.63) is 74.9 Å². The summed E-state index contributed by atoms with van der Waals surface area (Å²) in [6.07, 6.45) is 3.56. The number of alkyl halides is 2. The van der Waals surface area contributed by atoms with Crippen LogP contribution in [0.15, 0.2) is 54.0 Å². The van der Waals surface area contributed by atoms with Gasteiger partial charge in [0.1, 0.15) is 18.3 Å². The summed E-state index contributed by atoms with van der Waals surface area (Å²) in [7, 11) is 0. The molecular formula is C28H23Cl2F2N3O7. The first-order valence-corrected chi connectivity index (χ1v) is 13.5. The summed E-state index contributed by atoms with van der Waals surface area (Å²) in [4.78, 5) is 28.1. The van der Waals surface area contributed by atoms with Crippen LogP contribution in [0.1, 0.15) is 30.1 Å². The van der Waals surface area contributed by atoms with Crippen LogP contribution in [-0.2, 0) is 22.5 Å². The lowest BCUT2D eigenvalue weighted by atomic mass is 10.0. The van der Waals surface area contributed by atoms with Gasteiger partial charge in [0.05, 0.1) is 16.7 Å². The Morgan fingerprint density at radius 1 is 1.05 bits per heavy atom. The molecule has 0 bridgehead atoms. The lowest BCUT2D eigenvalue weighted by Crippen LogP contribution is -2.19. The van der Waals surface area contributed by atoms with E-state index in [0.29, 0.717) is 23.7 Å². The highest BCUT2D eigenvalue weighted by Gasteiger charge is 2.27. The average Bonchev–Trinajstić information content (AvgIpc) is 3.76.